The molecule has 4 heteroatoms. The van der Waals surface area contributed by atoms with Gasteiger partial charge >= 0.3 is 0 Å². The second-order valence-electron chi connectivity index (χ2n) is 2.96. The van der Waals surface area contributed by atoms with Crippen LogP contribution in [0.4, 0.5) is 5.82 Å². The lowest BCUT2D eigenvalue weighted by molar-refractivity contribution is 1.15. The Morgan fingerprint density at radius 2 is 1.69 bits per heavy atom. The van der Waals surface area contributed by atoms with Crippen molar-refractivity contribution in [1.29, 1.82) is 0 Å². The van der Waals surface area contributed by atoms with Gasteiger partial charge in [0.05, 0.1) is 5.52 Å². The monoisotopic (exact) mass is 174 g/mol. The molecule has 13 heavy (non-hydrogen) atoms. The molecule has 0 fully saturated rings. The van der Waals surface area contributed by atoms with Crippen molar-refractivity contribution < 1.29 is 0 Å². The summed E-state index contributed by atoms with van der Waals surface area (Å²) in [6.45, 7) is 3.89. The molecule has 0 saturated carbocycles. The number of rotatable bonds is 0. The minimum absolute atomic E-state index is 0.450. The second kappa shape index (κ2) is 2.65. The standard InChI is InChI=1S/C9H10N4/c1-5-6(2)13-9(10)8-7(5)11-3-4-12-8/h3-4H,1-2H3,(H2,10,13). The molecule has 0 spiro atoms. The molecule has 4 nitrogen and oxygen atoms in total. The molecule has 2 N–H and O–H groups in total. The number of anilines is 1. The Bertz CT molecular complexity index is 464. The zero-order chi connectivity index (χ0) is 9.42. The summed E-state index contributed by atoms with van der Waals surface area (Å²) in [6.07, 6.45) is 3.28. The fraction of sp³-hybridized carbons (Fsp3) is 0.222. The molecule has 0 bridgehead atoms. The van der Waals surface area contributed by atoms with E-state index >= 15 is 0 Å². The number of aromatic nitrogens is 3. The molecule has 0 amide bonds. The van der Waals surface area contributed by atoms with E-state index in [1.807, 2.05) is 13.8 Å². The van der Waals surface area contributed by atoms with E-state index in [1.165, 1.54) is 0 Å². The van der Waals surface area contributed by atoms with Gasteiger partial charge in [0, 0.05) is 18.1 Å². The van der Waals surface area contributed by atoms with Crippen LogP contribution in [-0.4, -0.2) is 15.0 Å². The molecule has 0 aliphatic carbocycles. The van der Waals surface area contributed by atoms with Crippen molar-refractivity contribution in [2.24, 2.45) is 0 Å². The summed E-state index contributed by atoms with van der Waals surface area (Å²) in [5.74, 6) is 0.450. The van der Waals surface area contributed by atoms with Crippen molar-refractivity contribution in [3.63, 3.8) is 0 Å². The van der Waals surface area contributed by atoms with Gasteiger partial charge in [-0.05, 0) is 19.4 Å². The van der Waals surface area contributed by atoms with E-state index in [0.29, 0.717) is 11.3 Å². The van der Waals surface area contributed by atoms with Gasteiger partial charge in [0.15, 0.2) is 5.82 Å². The molecular formula is C9H10N4. The van der Waals surface area contributed by atoms with Gasteiger partial charge in [0.25, 0.3) is 0 Å². The van der Waals surface area contributed by atoms with Crippen LogP contribution in [0.25, 0.3) is 11.0 Å². The third kappa shape index (κ3) is 1.11. The third-order valence-corrected chi connectivity index (χ3v) is 2.13. The second-order valence-corrected chi connectivity index (χ2v) is 2.96. The van der Waals surface area contributed by atoms with Gasteiger partial charge in [0.2, 0.25) is 0 Å². The minimum atomic E-state index is 0.450. The molecule has 0 aliphatic rings. The fourth-order valence-corrected chi connectivity index (χ4v) is 1.29. The Hall–Kier alpha value is -1.71. The van der Waals surface area contributed by atoms with Crippen molar-refractivity contribution in [3.05, 3.63) is 23.7 Å². The van der Waals surface area contributed by atoms with E-state index in [1.54, 1.807) is 12.4 Å². The van der Waals surface area contributed by atoms with Gasteiger partial charge in [-0.3, -0.25) is 4.98 Å². The van der Waals surface area contributed by atoms with Crippen LogP contribution in [0.2, 0.25) is 0 Å². The molecule has 0 aromatic carbocycles. The molecule has 2 aromatic rings. The van der Waals surface area contributed by atoms with Crippen LogP contribution in [0, 0.1) is 13.8 Å². The van der Waals surface area contributed by atoms with Gasteiger partial charge in [-0.25, -0.2) is 9.97 Å². The van der Waals surface area contributed by atoms with Crippen LogP contribution >= 0.6 is 0 Å². The molecule has 2 heterocycles. The summed E-state index contributed by atoms with van der Waals surface area (Å²) in [5.41, 5.74) is 9.19. The Balaban J connectivity index is 2.97. The lowest BCUT2D eigenvalue weighted by Crippen LogP contribution is -1.99. The summed E-state index contributed by atoms with van der Waals surface area (Å²) in [5, 5.41) is 0. The largest absolute Gasteiger partial charge is 0.382 e. The van der Waals surface area contributed by atoms with Gasteiger partial charge in [0.1, 0.15) is 5.52 Å². The number of fused-ring (bicyclic) bond motifs is 1. The van der Waals surface area contributed by atoms with Crippen LogP contribution in [0.1, 0.15) is 11.3 Å². The van der Waals surface area contributed by atoms with Crippen LogP contribution < -0.4 is 5.73 Å². The third-order valence-electron chi connectivity index (χ3n) is 2.13. The first-order valence-electron chi connectivity index (χ1n) is 4.03. The maximum absolute atomic E-state index is 5.71. The number of aryl methyl sites for hydroxylation is 2. The van der Waals surface area contributed by atoms with Crippen molar-refractivity contribution in [1.82, 2.24) is 15.0 Å². The van der Waals surface area contributed by atoms with Crippen molar-refractivity contribution >= 4 is 16.9 Å². The number of hydrogen-bond acceptors (Lipinski definition) is 4. The average molecular weight is 174 g/mol. The highest BCUT2D eigenvalue weighted by Crippen LogP contribution is 2.19. The number of pyridine rings is 1. The summed E-state index contributed by atoms with van der Waals surface area (Å²) >= 11 is 0. The molecule has 0 aliphatic heterocycles. The first-order chi connectivity index (χ1) is 6.20. The zero-order valence-corrected chi connectivity index (χ0v) is 7.57. The molecule has 0 unspecified atom stereocenters. The fourth-order valence-electron chi connectivity index (χ4n) is 1.29. The van der Waals surface area contributed by atoms with Crippen LogP contribution in [0.15, 0.2) is 12.4 Å². The quantitative estimate of drug-likeness (QED) is 0.652. The molecule has 2 rings (SSSR count). The normalized spacial score (nSPS) is 10.6. The van der Waals surface area contributed by atoms with Crippen LogP contribution in [-0.2, 0) is 0 Å². The van der Waals surface area contributed by atoms with E-state index in [0.717, 1.165) is 16.8 Å². The lowest BCUT2D eigenvalue weighted by atomic mass is 10.2. The van der Waals surface area contributed by atoms with Crippen molar-refractivity contribution in [3.8, 4) is 0 Å². The van der Waals surface area contributed by atoms with Crippen molar-refractivity contribution in [2.45, 2.75) is 13.8 Å². The van der Waals surface area contributed by atoms with E-state index in [-0.39, 0.29) is 0 Å². The van der Waals surface area contributed by atoms with Gasteiger partial charge in [-0.1, -0.05) is 0 Å². The van der Waals surface area contributed by atoms with E-state index in [2.05, 4.69) is 15.0 Å². The Morgan fingerprint density at radius 3 is 2.38 bits per heavy atom. The van der Waals surface area contributed by atoms with Crippen LogP contribution in [0.5, 0.6) is 0 Å². The number of nitrogens with two attached hydrogens (primary N) is 1. The maximum Gasteiger partial charge on any atom is 0.151 e. The predicted molar refractivity (Wildman–Crippen MR) is 51.2 cm³/mol. The van der Waals surface area contributed by atoms with Crippen LogP contribution in [0.3, 0.4) is 0 Å². The zero-order valence-electron chi connectivity index (χ0n) is 7.57. The molecule has 0 radical (unpaired) electrons. The summed E-state index contributed by atoms with van der Waals surface area (Å²) < 4.78 is 0. The first kappa shape index (κ1) is 7.91. The van der Waals surface area contributed by atoms with Gasteiger partial charge < -0.3 is 5.73 Å². The highest BCUT2D eigenvalue weighted by atomic mass is 14.9. The number of nitrogens with zero attached hydrogens (tertiary/aromatic N) is 3. The van der Waals surface area contributed by atoms with E-state index in [9.17, 15) is 0 Å². The van der Waals surface area contributed by atoms with E-state index < -0.39 is 0 Å². The molecule has 0 atom stereocenters. The average Bonchev–Trinajstić information content (AvgIpc) is 2.15. The van der Waals surface area contributed by atoms with E-state index in [4.69, 9.17) is 5.73 Å². The Kier molecular flexibility index (Phi) is 1.62. The first-order valence-corrected chi connectivity index (χ1v) is 4.03. The van der Waals surface area contributed by atoms with Crippen molar-refractivity contribution in [2.75, 3.05) is 5.73 Å². The maximum atomic E-state index is 5.71. The molecule has 0 saturated heterocycles. The summed E-state index contributed by atoms with van der Waals surface area (Å²) in [4.78, 5) is 12.5. The van der Waals surface area contributed by atoms with Gasteiger partial charge in [-0.2, -0.15) is 0 Å². The minimum Gasteiger partial charge on any atom is -0.382 e. The predicted octanol–water partition coefficient (Wildman–Crippen LogP) is 1.22. The molecular weight excluding hydrogens is 164 g/mol. The molecule has 66 valence electrons. The SMILES string of the molecule is Cc1nc(N)c2nccnc2c1C. The Labute approximate surface area is 75.8 Å². The molecule has 2 aromatic heterocycles. The summed E-state index contributed by atoms with van der Waals surface area (Å²) in [7, 11) is 0. The smallest absolute Gasteiger partial charge is 0.151 e. The summed E-state index contributed by atoms with van der Waals surface area (Å²) in [6, 6.07) is 0. The number of hydrogen-bond donors (Lipinski definition) is 1. The Morgan fingerprint density at radius 1 is 1.08 bits per heavy atom. The number of nitrogen functional groups attached to an aromatic ring is 1. The highest BCUT2D eigenvalue weighted by Gasteiger charge is 2.06. The topological polar surface area (TPSA) is 64.7 Å². The lowest BCUT2D eigenvalue weighted by Gasteiger charge is -2.04. The van der Waals surface area contributed by atoms with Gasteiger partial charge in [-0.15, -0.1) is 0 Å². The highest BCUT2D eigenvalue weighted by molar-refractivity contribution is 5.86.